The Morgan fingerprint density at radius 3 is 2.76 bits per heavy atom. The Labute approximate surface area is 136 Å². The molecule has 2 heterocycles. The van der Waals surface area contributed by atoms with E-state index in [-0.39, 0.29) is 0 Å². The first-order valence-electron chi connectivity index (χ1n) is 8.17. The average Bonchev–Trinajstić information content (AvgIpc) is 3.18. The van der Waals surface area contributed by atoms with Gasteiger partial charge in [0.15, 0.2) is 5.13 Å². The summed E-state index contributed by atoms with van der Waals surface area (Å²) in [5, 5.41) is 5.59. The number of thiazole rings is 1. The number of nitrogens with one attached hydrogen (secondary N) is 1. The molecule has 2 unspecified atom stereocenters. The van der Waals surface area contributed by atoms with Gasteiger partial charge in [0.05, 0.1) is 5.69 Å². The highest BCUT2D eigenvalue weighted by Crippen LogP contribution is 2.35. The molecule has 118 valence electrons. The maximum atomic E-state index is 5.01. The lowest BCUT2D eigenvalue weighted by Crippen LogP contribution is -2.44. The van der Waals surface area contributed by atoms with E-state index in [2.05, 4.69) is 49.7 Å². The SMILES string of the molecule is CC(C)c1nc(N2CCSC(C)C2C)sc1CNC1CC1. The number of hydrogen-bond acceptors (Lipinski definition) is 5. The molecule has 1 saturated heterocycles. The average molecular weight is 326 g/mol. The standard InChI is InChI=1S/C16H27N3S2/c1-10(2)15-14(9-17-13-5-6-13)21-16(18-15)19-7-8-20-12(4)11(19)3/h10-13,17H,5-9H2,1-4H3. The van der Waals surface area contributed by atoms with Crippen LogP contribution in [-0.2, 0) is 6.54 Å². The molecule has 2 aliphatic rings. The third kappa shape index (κ3) is 3.57. The predicted octanol–water partition coefficient (Wildman–Crippen LogP) is 3.85. The van der Waals surface area contributed by atoms with E-state index in [0.29, 0.717) is 17.2 Å². The lowest BCUT2D eigenvalue weighted by atomic mass is 10.1. The second-order valence-electron chi connectivity index (χ2n) is 6.62. The molecule has 5 heteroatoms. The van der Waals surface area contributed by atoms with Crippen molar-refractivity contribution >= 4 is 28.2 Å². The molecule has 0 radical (unpaired) electrons. The van der Waals surface area contributed by atoms with Gasteiger partial charge >= 0.3 is 0 Å². The Kier molecular flexibility index (Phi) is 4.81. The van der Waals surface area contributed by atoms with Crippen molar-refractivity contribution in [2.75, 3.05) is 17.2 Å². The van der Waals surface area contributed by atoms with Gasteiger partial charge in [0.1, 0.15) is 0 Å². The van der Waals surface area contributed by atoms with Gasteiger partial charge in [-0.1, -0.05) is 20.8 Å². The van der Waals surface area contributed by atoms with Crippen LogP contribution in [0.1, 0.15) is 57.0 Å². The molecule has 1 aromatic heterocycles. The van der Waals surface area contributed by atoms with Crippen LogP contribution in [0.3, 0.4) is 0 Å². The molecule has 1 saturated carbocycles. The van der Waals surface area contributed by atoms with Crippen LogP contribution >= 0.6 is 23.1 Å². The van der Waals surface area contributed by atoms with Crippen LogP contribution in [0, 0.1) is 0 Å². The second kappa shape index (κ2) is 6.47. The van der Waals surface area contributed by atoms with Gasteiger partial charge in [-0.2, -0.15) is 11.8 Å². The third-order valence-electron chi connectivity index (χ3n) is 4.52. The number of nitrogens with zero attached hydrogens (tertiary/aromatic N) is 2. The minimum absolute atomic E-state index is 0.512. The second-order valence-corrected chi connectivity index (χ2v) is 9.17. The Bertz CT molecular complexity index is 482. The Hall–Kier alpha value is -0.260. The van der Waals surface area contributed by atoms with Gasteiger partial charge in [-0.25, -0.2) is 4.98 Å². The Balaban J connectivity index is 1.79. The molecule has 2 atom stereocenters. The van der Waals surface area contributed by atoms with Crippen LogP contribution < -0.4 is 10.2 Å². The summed E-state index contributed by atoms with van der Waals surface area (Å²) in [5.74, 6) is 1.73. The van der Waals surface area contributed by atoms with E-state index < -0.39 is 0 Å². The fraction of sp³-hybridized carbons (Fsp3) is 0.812. The van der Waals surface area contributed by atoms with Crippen molar-refractivity contribution in [1.29, 1.82) is 0 Å². The lowest BCUT2D eigenvalue weighted by Gasteiger charge is -2.37. The third-order valence-corrected chi connectivity index (χ3v) is 6.97. The fourth-order valence-corrected chi connectivity index (χ4v) is 5.16. The molecule has 0 bridgehead atoms. The highest BCUT2D eigenvalue weighted by Gasteiger charge is 2.29. The van der Waals surface area contributed by atoms with E-state index in [1.54, 1.807) is 0 Å². The number of aromatic nitrogens is 1. The zero-order chi connectivity index (χ0) is 15.0. The van der Waals surface area contributed by atoms with Crippen molar-refractivity contribution < 1.29 is 0 Å². The van der Waals surface area contributed by atoms with Crippen LogP contribution in [-0.4, -0.2) is 34.6 Å². The van der Waals surface area contributed by atoms with Crippen LogP contribution in [0.2, 0.25) is 0 Å². The minimum Gasteiger partial charge on any atom is -0.343 e. The van der Waals surface area contributed by atoms with E-state index in [4.69, 9.17) is 4.98 Å². The van der Waals surface area contributed by atoms with E-state index in [9.17, 15) is 0 Å². The van der Waals surface area contributed by atoms with E-state index in [0.717, 1.165) is 19.1 Å². The maximum absolute atomic E-state index is 5.01. The van der Waals surface area contributed by atoms with Gasteiger partial charge < -0.3 is 10.2 Å². The minimum atomic E-state index is 0.512. The summed E-state index contributed by atoms with van der Waals surface area (Å²) < 4.78 is 0. The van der Waals surface area contributed by atoms with Gasteiger partial charge in [0.2, 0.25) is 0 Å². The van der Waals surface area contributed by atoms with E-state index in [1.165, 1.54) is 34.3 Å². The molecule has 1 N–H and O–H groups in total. The molecular formula is C16H27N3S2. The molecule has 1 aliphatic carbocycles. The molecular weight excluding hydrogens is 298 g/mol. The van der Waals surface area contributed by atoms with Crippen molar-refractivity contribution in [3.05, 3.63) is 10.6 Å². The van der Waals surface area contributed by atoms with Gasteiger partial charge in [-0.15, -0.1) is 11.3 Å². The van der Waals surface area contributed by atoms with Crippen LogP contribution in [0.25, 0.3) is 0 Å². The number of hydrogen-bond donors (Lipinski definition) is 1. The summed E-state index contributed by atoms with van der Waals surface area (Å²) in [6.07, 6.45) is 2.70. The fourth-order valence-electron chi connectivity index (χ4n) is 2.78. The zero-order valence-corrected chi connectivity index (χ0v) is 15.2. The molecule has 3 nitrogen and oxygen atoms in total. The summed E-state index contributed by atoms with van der Waals surface area (Å²) in [4.78, 5) is 8.99. The first kappa shape index (κ1) is 15.6. The van der Waals surface area contributed by atoms with Crippen molar-refractivity contribution in [2.45, 2.75) is 70.3 Å². The van der Waals surface area contributed by atoms with Gasteiger partial charge in [0.25, 0.3) is 0 Å². The maximum Gasteiger partial charge on any atom is 0.186 e. The highest BCUT2D eigenvalue weighted by atomic mass is 32.2. The predicted molar refractivity (Wildman–Crippen MR) is 94.8 cm³/mol. The van der Waals surface area contributed by atoms with Crippen molar-refractivity contribution in [3.63, 3.8) is 0 Å². The summed E-state index contributed by atoms with van der Waals surface area (Å²) in [5.41, 5.74) is 1.31. The largest absolute Gasteiger partial charge is 0.343 e. The van der Waals surface area contributed by atoms with Gasteiger partial charge in [-0.3, -0.25) is 0 Å². The number of anilines is 1. The number of thioether (sulfide) groups is 1. The van der Waals surface area contributed by atoms with Crippen LogP contribution in [0.5, 0.6) is 0 Å². The van der Waals surface area contributed by atoms with Crippen molar-refractivity contribution in [1.82, 2.24) is 10.3 Å². The molecule has 1 aliphatic heterocycles. The Morgan fingerprint density at radius 2 is 2.10 bits per heavy atom. The highest BCUT2D eigenvalue weighted by molar-refractivity contribution is 8.00. The summed E-state index contributed by atoms with van der Waals surface area (Å²) in [6.45, 7) is 11.3. The summed E-state index contributed by atoms with van der Waals surface area (Å²) >= 11 is 4.00. The molecule has 0 aromatic carbocycles. The first-order valence-corrected chi connectivity index (χ1v) is 10.0. The van der Waals surface area contributed by atoms with Gasteiger partial charge in [0, 0.05) is 41.1 Å². The molecule has 0 spiro atoms. The quantitative estimate of drug-likeness (QED) is 0.890. The van der Waals surface area contributed by atoms with E-state index >= 15 is 0 Å². The first-order chi connectivity index (χ1) is 10.1. The van der Waals surface area contributed by atoms with Crippen LogP contribution in [0.15, 0.2) is 0 Å². The summed E-state index contributed by atoms with van der Waals surface area (Å²) in [7, 11) is 0. The van der Waals surface area contributed by atoms with Crippen molar-refractivity contribution in [3.8, 4) is 0 Å². The zero-order valence-electron chi connectivity index (χ0n) is 13.6. The summed E-state index contributed by atoms with van der Waals surface area (Å²) in [6, 6.07) is 1.35. The molecule has 21 heavy (non-hydrogen) atoms. The topological polar surface area (TPSA) is 28.2 Å². The monoisotopic (exact) mass is 325 g/mol. The molecule has 0 amide bonds. The van der Waals surface area contributed by atoms with Gasteiger partial charge in [-0.05, 0) is 25.7 Å². The normalized spacial score (nSPS) is 26.6. The smallest absolute Gasteiger partial charge is 0.186 e. The van der Waals surface area contributed by atoms with Crippen LogP contribution in [0.4, 0.5) is 5.13 Å². The molecule has 2 fully saturated rings. The Morgan fingerprint density at radius 1 is 1.33 bits per heavy atom. The lowest BCUT2D eigenvalue weighted by molar-refractivity contribution is 0.623. The van der Waals surface area contributed by atoms with E-state index in [1.807, 2.05) is 11.3 Å². The molecule has 3 rings (SSSR count). The molecule has 1 aromatic rings. The number of rotatable bonds is 5. The van der Waals surface area contributed by atoms with Crippen molar-refractivity contribution in [2.24, 2.45) is 0 Å².